The topological polar surface area (TPSA) is 39.5 Å². The van der Waals surface area contributed by atoms with E-state index in [4.69, 9.17) is 10.00 Å². The van der Waals surface area contributed by atoms with Crippen molar-refractivity contribution >= 4 is 0 Å². The van der Waals surface area contributed by atoms with Crippen LogP contribution in [0, 0.1) is 11.3 Å². The molecule has 1 saturated heterocycles. The molecule has 0 aromatic heterocycles. The Labute approximate surface area is 143 Å². The smallest absolute Gasteiger partial charge is 0.123 e. The number of methoxy groups -OCH3 is 1. The minimum Gasteiger partial charge on any atom is -0.496 e. The van der Waals surface area contributed by atoms with Crippen LogP contribution in [0.5, 0.6) is 5.75 Å². The van der Waals surface area contributed by atoms with Gasteiger partial charge in [-0.2, -0.15) is 5.26 Å². The molecule has 1 aliphatic rings. The zero-order chi connectivity index (χ0) is 16.8. The van der Waals surface area contributed by atoms with Gasteiger partial charge in [0.1, 0.15) is 5.75 Å². The van der Waals surface area contributed by atoms with Crippen LogP contribution in [-0.2, 0) is 13.1 Å². The highest BCUT2D eigenvalue weighted by atomic mass is 16.5. The molecule has 1 heterocycles. The number of ether oxygens (including phenoxy) is 1. The molecule has 0 bridgehead atoms. The van der Waals surface area contributed by atoms with E-state index in [0.29, 0.717) is 0 Å². The Balaban J connectivity index is 1.51. The van der Waals surface area contributed by atoms with Gasteiger partial charge in [-0.25, -0.2) is 0 Å². The van der Waals surface area contributed by atoms with Gasteiger partial charge in [0.15, 0.2) is 0 Å². The molecule has 4 heteroatoms. The fraction of sp³-hybridized carbons (Fsp3) is 0.350. The van der Waals surface area contributed by atoms with Gasteiger partial charge in [0.25, 0.3) is 0 Å². The van der Waals surface area contributed by atoms with Crippen LogP contribution < -0.4 is 4.74 Å². The number of rotatable bonds is 5. The lowest BCUT2D eigenvalue weighted by molar-refractivity contribution is 0.121. The molecule has 24 heavy (non-hydrogen) atoms. The van der Waals surface area contributed by atoms with E-state index in [0.717, 1.165) is 50.6 Å². The fourth-order valence-electron chi connectivity index (χ4n) is 3.12. The van der Waals surface area contributed by atoms with E-state index in [-0.39, 0.29) is 0 Å². The maximum atomic E-state index is 8.86. The average Bonchev–Trinajstić information content (AvgIpc) is 2.64. The van der Waals surface area contributed by atoms with Crippen LogP contribution in [-0.4, -0.2) is 43.1 Å². The van der Waals surface area contributed by atoms with Crippen molar-refractivity contribution in [3.63, 3.8) is 0 Å². The molecule has 0 spiro atoms. The SMILES string of the molecule is COc1ccccc1CN1CCN(Cc2ccc(C#N)cc2)CC1. The Morgan fingerprint density at radius 3 is 2.17 bits per heavy atom. The van der Waals surface area contributed by atoms with Crippen LogP contribution in [0.15, 0.2) is 48.5 Å². The molecule has 0 saturated carbocycles. The molecular formula is C20H23N3O. The number of piperazine rings is 1. The molecule has 0 aliphatic carbocycles. The summed E-state index contributed by atoms with van der Waals surface area (Å²) in [6, 6.07) is 18.3. The van der Waals surface area contributed by atoms with Crippen molar-refractivity contribution < 1.29 is 4.74 Å². The number of para-hydroxylation sites is 1. The average molecular weight is 321 g/mol. The van der Waals surface area contributed by atoms with Gasteiger partial charge in [0.2, 0.25) is 0 Å². The van der Waals surface area contributed by atoms with Gasteiger partial charge in [0.05, 0.1) is 18.7 Å². The summed E-state index contributed by atoms with van der Waals surface area (Å²) in [5, 5.41) is 8.86. The molecule has 2 aromatic rings. The van der Waals surface area contributed by atoms with E-state index in [1.165, 1.54) is 11.1 Å². The lowest BCUT2D eigenvalue weighted by Crippen LogP contribution is -2.45. The first-order chi connectivity index (χ1) is 11.8. The maximum Gasteiger partial charge on any atom is 0.123 e. The second-order valence-corrected chi connectivity index (χ2v) is 6.17. The summed E-state index contributed by atoms with van der Waals surface area (Å²) >= 11 is 0. The highest BCUT2D eigenvalue weighted by molar-refractivity contribution is 5.33. The molecule has 124 valence electrons. The van der Waals surface area contributed by atoms with E-state index in [1.54, 1.807) is 7.11 Å². The highest BCUT2D eigenvalue weighted by Gasteiger charge is 2.18. The van der Waals surface area contributed by atoms with Crippen LogP contribution >= 0.6 is 0 Å². The first-order valence-corrected chi connectivity index (χ1v) is 8.34. The number of hydrogen-bond donors (Lipinski definition) is 0. The predicted molar refractivity (Wildman–Crippen MR) is 94.7 cm³/mol. The second-order valence-electron chi connectivity index (χ2n) is 6.17. The number of nitrogens with zero attached hydrogens (tertiary/aromatic N) is 3. The van der Waals surface area contributed by atoms with Crippen LogP contribution in [0.2, 0.25) is 0 Å². The van der Waals surface area contributed by atoms with Crippen LogP contribution in [0.25, 0.3) is 0 Å². The molecular weight excluding hydrogens is 298 g/mol. The third kappa shape index (κ3) is 4.14. The summed E-state index contributed by atoms with van der Waals surface area (Å²) in [5.74, 6) is 0.970. The van der Waals surface area contributed by atoms with E-state index in [1.807, 2.05) is 24.3 Å². The fourth-order valence-corrected chi connectivity index (χ4v) is 3.12. The van der Waals surface area contributed by atoms with Crippen molar-refractivity contribution in [2.45, 2.75) is 13.1 Å². The number of benzene rings is 2. The van der Waals surface area contributed by atoms with E-state index in [9.17, 15) is 0 Å². The molecule has 0 N–H and O–H groups in total. The molecule has 1 fully saturated rings. The van der Waals surface area contributed by atoms with Crippen molar-refractivity contribution in [2.75, 3.05) is 33.3 Å². The normalized spacial score (nSPS) is 15.8. The zero-order valence-electron chi connectivity index (χ0n) is 14.1. The van der Waals surface area contributed by atoms with Gasteiger partial charge in [-0.1, -0.05) is 30.3 Å². The van der Waals surface area contributed by atoms with Gasteiger partial charge < -0.3 is 4.74 Å². The Morgan fingerprint density at radius 1 is 0.917 bits per heavy atom. The Hall–Kier alpha value is -2.35. The zero-order valence-corrected chi connectivity index (χ0v) is 14.1. The van der Waals surface area contributed by atoms with E-state index >= 15 is 0 Å². The summed E-state index contributed by atoms with van der Waals surface area (Å²) in [7, 11) is 1.73. The summed E-state index contributed by atoms with van der Waals surface area (Å²) in [5.41, 5.74) is 3.24. The van der Waals surface area contributed by atoms with Crippen LogP contribution in [0.3, 0.4) is 0 Å². The van der Waals surface area contributed by atoms with Crippen LogP contribution in [0.1, 0.15) is 16.7 Å². The van der Waals surface area contributed by atoms with Crippen LogP contribution in [0.4, 0.5) is 0 Å². The minimum atomic E-state index is 0.723. The maximum absolute atomic E-state index is 8.86. The number of nitriles is 1. The first-order valence-electron chi connectivity index (χ1n) is 8.34. The molecule has 1 aliphatic heterocycles. The Kier molecular flexibility index (Phi) is 5.47. The first kappa shape index (κ1) is 16.5. The Morgan fingerprint density at radius 2 is 1.54 bits per heavy atom. The van der Waals surface area contributed by atoms with Crippen molar-refractivity contribution in [3.05, 3.63) is 65.2 Å². The molecule has 0 radical (unpaired) electrons. The highest BCUT2D eigenvalue weighted by Crippen LogP contribution is 2.20. The standard InChI is InChI=1S/C20H23N3O/c1-24-20-5-3-2-4-19(20)16-23-12-10-22(11-13-23)15-18-8-6-17(14-21)7-9-18/h2-9H,10-13,15-16H2,1H3. The molecule has 4 nitrogen and oxygen atoms in total. The molecule has 3 rings (SSSR count). The van der Waals surface area contributed by atoms with Crippen molar-refractivity contribution in [1.82, 2.24) is 9.80 Å². The summed E-state index contributed by atoms with van der Waals surface area (Å²) in [4.78, 5) is 4.95. The van der Waals surface area contributed by atoms with Crippen molar-refractivity contribution in [2.24, 2.45) is 0 Å². The van der Waals surface area contributed by atoms with E-state index in [2.05, 4.69) is 40.1 Å². The third-order valence-electron chi connectivity index (χ3n) is 4.54. The summed E-state index contributed by atoms with van der Waals surface area (Å²) < 4.78 is 5.45. The minimum absolute atomic E-state index is 0.723. The largest absolute Gasteiger partial charge is 0.496 e. The van der Waals surface area contributed by atoms with Gasteiger partial charge in [0, 0.05) is 44.8 Å². The lowest BCUT2D eigenvalue weighted by atomic mass is 10.1. The van der Waals surface area contributed by atoms with E-state index < -0.39 is 0 Å². The summed E-state index contributed by atoms with van der Waals surface area (Å²) in [6.07, 6.45) is 0. The van der Waals surface area contributed by atoms with Gasteiger partial charge in [-0.3, -0.25) is 9.80 Å². The quantitative estimate of drug-likeness (QED) is 0.849. The summed E-state index contributed by atoms with van der Waals surface area (Å²) in [6.45, 7) is 6.15. The second kappa shape index (κ2) is 7.96. The van der Waals surface area contributed by atoms with Gasteiger partial charge in [-0.15, -0.1) is 0 Å². The lowest BCUT2D eigenvalue weighted by Gasteiger charge is -2.35. The molecule has 0 unspecified atom stereocenters. The predicted octanol–water partition coefficient (Wildman–Crippen LogP) is 2.88. The molecule has 2 aromatic carbocycles. The number of hydrogen-bond acceptors (Lipinski definition) is 4. The third-order valence-corrected chi connectivity index (χ3v) is 4.54. The van der Waals surface area contributed by atoms with Gasteiger partial charge >= 0.3 is 0 Å². The van der Waals surface area contributed by atoms with Crippen molar-refractivity contribution in [1.29, 1.82) is 5.26 Å². The van der Waals surface area contributed by atoms with Crippen molar-refractivity contribution in [3.8, 4) is 11.8 Å². The molecule has 0 atom stereocenters. The Bertz CT molecular complexity index is 698. The monoisotopic (exact) mass is 321 g/mol. The molecule has 0 amide bonds. The van der Waals surface area contributed by atoms with Gasteiger partial charge in [-0.05, 0) is 23.8 Å².